The van der Waals surface area contributed by atoms with Crippen LogP contribution in [0, 0.1) is 0 Å². The second-order valence-electron chi connectivity index (χ2n) is 3.67. The van der Waals surface area contributed by atoms with Crippen molar-refractivity contribution in [3.63, 3.8) is 0 Å². The molecular weight excluding hydrogens is 322 g/mol. The average Bonchev–Trinajstić information content (AvgIpc) is 2.94. The van der Waals surface area contributed by atoms with Gasteiger partial charge in [-0.2, -0.15) is 0 Å². The average molecular weight is 333 g/mol. The van der Waals surface area contributed by atoms with E-state index < -0.39 is 5.97 Å². The van der Waals surface area contributed by atoms with Crippen LogP contribution in [0.3, 0.4) is 0 Å². The lowest BCUT2D eigenvalue weighted by Crippen LogP contribution is -2.29. The molecule has 2 aliphatic rings. The summed E-state index contributed by atoms with van der Waals surface area (Å²) in [5.74, 6) is -1.37. The Morgan fingerprint density at radius 1 is 1.16 bits per heavy atom. The van der Waals surface area contributed by atoms with Crippen LogP contribution in [0.5, 0.6) is 0 Å². The predicted octanol–water partition coefficient (Wildman–Crippen LogP) is 3.37. The van der Waals surface area contributed by atoms with Gasteiger partial charge in [0.05, 0.1) is 13.4 Å². The number of aliphatic carboxylic acids is 1. The van der Waals surface area contributed by atoms with Crippen molar-refractivity contribution in [1.82, 2.24) is 5.32 Å². The Hall–Kier alpha value is -0.440. The van der Waals surface area contributed by atoms with Gasteiger partial charge in [-0.1, -0.05) is 47.0 Å². The molecule has 0 aromatic heterocycles. The van der Waals surface area contributed by atoms with Crippen molar-refractivity contribution in [2.75, 3.05) is 6.54 Å². The van der Waals surface area contributed by atoms with E-state index in [1.165, 1.54) is 37.6 Å². The molecule has 19 heavy (non-hydrogen) atoms. The highest BCUT2D eigenvalue weighted by molar-refractivity contribution is 8.34. The number of nitrogens with one attached hydrogen (secondary N) is 1. The number of amides is 1. The Bertz CT molecular complexity index is 520. The molecule has 0 aromatic carbocycles. The second-order valence-corrected chi connectivity index (χ2v) is 8.57. The van der Waals surface area contributed by atoms with Crippen molar-refractivity contribution < 1.29 is 14.7 Å². The van der Waals surface area contributed by atoms with E-state index in [9.17, 15) is 9.59 Å². The Kier molecular flexibility index (Phi) is 4.99. The van der Waals surface area contributed by atoms with Gasteiger partial charge < -0.3 is 10.4 Å². The third kappa shape index (κ3) is 3.77. The molecule has 102 valence electrons. The summed E-state index contributed by atoms with van der Waals surface area (Å²) in [5, 5.41) is 12.7. The first-order valence-electron chi connectivity index (χ1n) is 5.29. The number of thioether (sulfide) groups is 4. The van der Waals surface area contributed by atoms with Crippen LogP contribution in [-0.2, 0) is 9.59 Å². The van der Waals surface area contributed by atoms with Crippen molar-refractivity contribution in [2.24, 2.45) is 0 Å². The van der Waals surface area contributed by atoms with E-state index in [2.05, 4.69) is 19.2 Å². The maximum absolute atomic E-state index is 11.7. The Balaban J connectivity index is 1.95. The van der Waals surface area contributed by atoms with Gasteiger partial charge in [0.2, 0.25) is 0 Å². The number of carbonyl (C=O) groups is 2. The molecule has 0 aromatic rings. The summed E-state index contributed by atoms with van der Waals surface area (Å²) in [4.78, 5) is 25.2. The molecule has 0 radical (unpaired) electrons. The van der Waals surface area contributed by atoms with Crippen LogP contribution in [0.15, 0.2) is 28.6 Å². The van der Waals surface area contributed by atoms with Gasteiger partial charge in [0.1, 0.15) is 6.54 Å². The molecular formula is C11H11NO3S4. The molecule has 1 amide bonds. The maximum Gasteiger partial charge on any atom is 0.322 e. The van der Waals surface area contributed by atoms with E-state index in [1.54, 1.807) is 28.9 Å². The van der Waals surface area contributed by atoms with Crippen LogP contribution >= 0.6 is 47.0 Å². The zero-order valence-corrected chi connectivity index (χ0v) is 13.4. The summed E-state index contributed by atoms with van der Waals surface area (Å²) in [6.45, 7) is 3.81. The first kappa shape index (κ1) is 15.0. The fraction of sp³-hybridized carbons (Fsp3) is 0.273. The third-order valence-electron chi connectivity index (χ3n) is 2.25. The minimum atomic E-state index is -1.04. The molecule has 0 unspecified atom stereocenters. The van der Waals surface area contributed by atoms with Gasteiger partial charge in [0.15, 0.2) is 0 Å². The van der Waals surface area contributed by atoms with Gasteiger partial charge in [-0.3, -0.25) is 9.59 Å². The highest BCUT2D eigenvalue weighted by Crippen LogP contribution is 2.57. The number of carboxylic acid groups (broad SMARTS) is 1. The number of allylic oxidation sites excluding steroid dienone is 2. The van der Waals surface area contributed by atoms with E-state index in [0.717, 1.165) is 4.24 Å². The van der Waals surface area contributed by atoms with Crippen LogP contribution in [0.4, 0.5) is 0 Å². The zero-order valence-electron chi connectivity index (χ0n) is 10.2. The van der Waals surface area contributed by atoms with Gasteiger partial charge in [0.25, 0.3) is 5.91 Å². The molecule has 0 aliphatic carbocycles. The molecule has 2 aliphatic heterocycles. The molecule has 2 heterocycles. The SMILES string of the molecule is CC1=C(C)SC(=C2SC=C(C(=O)NCC(=O)O)S2)S1. The molecule has 2 rings (SSSR count). The van der Waals surface area contributed by atoms with Gasteiger partial charge in [-0.25, -0.2) is 0 Å². The Morgan fingerprint density at radius 3 is 2.37 bits per heavy atom. The largest absolute Gasteiger partial charge is 0.480 e. The van der Waals surface area contributed by atoms with Crippen molar-refractivity contribution in [2.45, 2.75) is 13.8 Å². The highest BCUT2D eigenvalue weighted by Gasteiger charge is 2.25. The van der Waals surface area contributed by atoms with E-state index in [1.807, 2.05) is 0 Å². The Morgan fingerprint density at radius 2 is 1.79 bits per heavy atom. The molecule has 0 bridgehead atoms. The van der Waals surface area contributed by atoms with E-state index >= 15 is 0 Å². The molecule has 4 nitrogen and oxygen atoms in total. The minimum absolute atomic E-state index is 0.329. The molecule has 8 heteroatoms. The van der Waals surface area contributed by atoms with Gasteiger partial charge >= 0.3 is 5.97 Å². The summed E-state index contributed by atoms with van der Waals surface area (Å²) in [6, 6.07) is 0. The lowest BCUT2D eigenvalue weighted by Gasteiger charge is -2.03. The summed E-state index contributed by atoms with van der Waals surface area (Å²) in [5.41, 5.74) is 0. The van der Waals surface area contributed by atoms with E-state index in [0.29, 0.717) is 4.91 Å². The lowest BCUT2D eigenvalue weighted by molar-refractivity contribution is -0.137. The summed E-state index contributed by atoms with van der Waals surface area (Å²) < 4.78 is 2.29. The molecule has 0 atom stereocenters. The standard InChI is InChI=1S/C11H11NO3S4/c1-5-6(2)18-11(17-5)10-16-4-7(19-10)9(15)12-3-8(13)14/h4H,3H2,1-2H3,(H,12,15)(H,13,14). The van der Waals surface area contributed by atoms with E-state index in [4.69, 9.17) is 5.11 Å². The quantitative estimate of drug-likeness (QED) is 0.821. The first-order chi connectivity index (χ1) is 8.97. The molecule has 0 saturated heterocycles. The molecule has 0 fully saturated rings. The lowest BCUT2D eigenvalue weighted by atomic mass is 10.5. The van der Waals surface area contributed by atoms with Gasteiger partial charge in [-0.15, -0.1) is 0 Å². The summed E-state index contributed by atoms with van der Waals surface area (Å²) in [7, 11) is 0. The van der Waals surface area contributed by atoms with Crippen LogP contribution < -0.4 is 5.32 Å². The highest BCUT2D eigenvalue weighted by atomic mass is 32.2. The van der Waals surface area contributed by atoms with Gasteiger partial charge in [0, 0.05) is 0 Å². The number of hydrogen-bond donors (Lipinski definition) is 2. The van der Waals surface area contributed by atoms with Crippen molar-refractivity contribution >= 4 is 58.9 Å². The van der Waals surface area contributed by atoms with Crippen LogP contribution in [0.25, 0.3) is 0 Å². The fourth-order valence-corrected chi connectivity index (χ4v) is 6.24. The monoisotopic (exact) mass is 333 g/mol. The van der Waals surface area contributed by atoms with Crippen molar-refractivity contribution in [1.29, 1.82) is 0 Å². The molecule has 2 N–H and O–H groups in total. The summed E-state index contributed by atoms with van der Waals surface area (Å²) in [6.07, 6.45) is 0. The van der Waals surface area contributed by atoms with Gasteiger partial charge in [-0.05, 0) is 29.1 Å². The predicted molar refractivity (Wildman–Crippen MR) is 84.5 cm³/mol. The first-order valence-corrected chi connectivity index (χ1v) is 8.62. The molecule has 0 spiro atoms. The molecule has 0 saturated carbocycles. The van der Waals surface area contributed by atoms with E-state index in [-0.39, 0.29) is 12.5 Å². The number of carbonyl (C=O) groups excluding carboxylic acids is 1. The van der Waals surface area contributed by atoms with Crippen LogP contribution in [0.1, 0.15) is 13.8 Å². The summed E-state index contributed by atoms with van der Waals surface area (Å²) >= 11 is 6.37. The topological polar surface area (TPSA) is 66.4 Å². The maximum atomic E-state index is 11.7. The van der Waals surface area contributed by atoms with Crippen LogP contribution in [0.2, 0.25) is 0 Å². The third-order valence-corrected chi connectivity index (χ3v) is 7.78. The number of carboxylic acids is 1. The number of rotatable bonds is 3. The normalized spacial score (nSPS) is 18.9. The minimum Gasteiger partial charge on any atom is -0.480 e. The smallest absolute Gasteiger partial charge is 0.322 e. The number of hydrogen-bond acceptors (Lipinski definition) is 6. The fourth-order valence-electron chi connectivity index (χ4n) is 1.21. The Labute approximate surface area is 127 Å². The van der Waals surface area contributed by atoms with Crippen molar-refractivity contribution in [3.8, 4) is 0 Å². The van der Waals surface area contributed by atoms with Crippen molar-refractivity contribution in [3.05, 3.63) is 28.6 Å². The second kappa shape index (κ2) is 6.34. The van der Waals surface area contributed by atoms with Crippen LogP contribution in [-0.4, -0.2) is 23.5 Å². The zero-order chi connectivity index (χ0) is 14.0.